The van der Waals surface area contributed by atoms with Gasteiger partial charge in [0.2, 0.25) is 0 Å². The van der Waals surface area contributed by atoms with E-state index in [1.54, 1.807) is 4.68 Å². The van der Waals surface area contributed by atoms with Crippen molar-refractivity contribution < 1.29 is 13.2 Å². The molecule has 2 saturated heterocycles. The van der Waals surface area contributed by atoms with Crippen molar-refractivity contribution in [3.05, 3.63) is 53.1 Å². The molecule has 9 nitrogen and oxygen atoms in total. The van der Waals surface area contributed by atoms with Gasteiger partial charge in [0, 0.05) is 56.7 Å². The molecule has 1 saturated carbocycles. The van der Waals surface area contributed by atoms with Gasteiger partial charge >= 0.3 is 0 Å². The van der Waals surface area contributed by atoms with E-state index in [4.69, 9.17) is 10.1 Å². The Labute approximate surface area is 205 Å². The second-order valence-electron chi connectivity index (χ2n) is 10.1. The summed E-state index contributed by atoms with van der Waals surface area (Å²) < 4.78 is 26.1. The van der Waals surface area contributed by atoms with Crippen LogP contribution < -0.4 is 0 Å². The molecule has 0 aromatic carbocycles. The molecular formula is C25H30N6O3S. The molecule has 35 heavy (non-hydrogen) atoms. The number of piperazine rings is 1. The van der Waals surface area contributed by atoms with Crippen LogP contribution in [0.25, 0.3) is 11.0 Å². The molecule has 0 bridgehead atoms. The lowest BCUT2D eigenvalue weighted by atomic mass is 10.1. The zero-order chi connectivity index (χ0) is 24.2. The molecule has 0 N–H and O–H groups in total. The average Bonchev–Trinajstić information content (AvgIpc) is 3.57. The maximum atomic E-state index is 13.8. The summed E-state index contributed by atoms with van der Waals surface area (Å²) in [5.74, 6) is 0.653. The first-order valence-corrected chi connectivity index (χ1v) is 14.2. The molecule has 3 aromatic heterocycles. The summed E-state index contributed by atoms with van der Waals surface area (Å²) in [5, 5.41) is 5.48. The molecule has 1 atom stereocenters. The van der Waals surface area contributed by atoms with E-state index in [0.717, 1.165) is 49.2 Å². The molecule has 184 valence electrons. The van der Waals surface area contributed by atoms with Gasteiger partial charge in [-0.2, -0.15) is 5.10 Å². The van der Waals surface area contributed by atoms with E-state index in [1.807, 2.05) is 42.4 Å². The fourth-order valence-corrected chi connectivity index (χ4v) is 7.03. The highest BCUT2D eigenvalue weighted by Crippen LogP contribution is 2.41. The summed E-state index contributed by atoms with van der Waals surface area (Å²) in [5.41, 5.74) is 4.21. The molecule has 3 fully saturated rings. The fourth-order valence-electron chi connectivity index (χ4n) is 5.34. The van der Waals surface area contributed by atoms with Gasteiger partial charge in [-0.05, 0) is 49.9 Å². The molecule has 1 aliphatic carbocycles. The topological polar surface area (TPSA) is 101 Å². The van der Waals surface area contributed by atoms with Crippen molar-refractivity contribution in [3.63, 3.8) is 0 Å². The van der Waals surface area contributed by atoms with Crippen molar-refractivity contribution in [3.8, 4) is 0 Å². The number of nitrogens with zero attached hydrogens (tertiary/aromatic N) is 6. The number of amides is 1. The Bertz CT molecular complexity index is 1380. The first-order chi connectivity index (χ1) is 16.9. The zero-order valence-electron chi connectivity index (χ0n) is 19.9. The Morgan fingerprint density at radius 3 is 2.49 bits per heavy atom. The van der Waals surface area contributed by atoms with E-state index in [-0.39, 0.29) is 23.5 Å². The van der Waals surface area contributed by atoms with Gasteiger partial charge in [-0.1, -0.05) is 0 Å². The molecule has 3 aromatic rings. The Morgan fingerprint density at radius 1 is 1.09 bits per heavy atom. The van der Waals surface area contributed by atoms with Crippen molar-refractivity contribution in [1.29, 1.82) is 0 Å². The molecular weight excluding hydrogens is 464 g/mol. The standard InChI is InChI=1S/C25H30N6O3S/c1-17-23-21(25(32)30-11-9-29(10-12-30)15-18-4-7-26-8-5-18)14-22(19-2-3-19)27-24(23)31(28-17)20-6-13-35(33,34)16-20/h4-5,7-8,14,19-20H,2-3,6,9-13,15-16H2,1H3/t20-/m0/s1. The molecule has 1 amide bonds. The van der Waals surface area contributed by atoms with Gasteiger partial charge < -0.3 is 4.90 Å². The number of hydrogen-bond acceptors (Lipinski definition) is 7. The van der Waals surface area contributed by atoms with Crippen LogP contribution in [-0.4, -0.2) is 81.6 Å². The van der Waals surface area contributed by atoms with Crippen LogP contribution in [0.1, 0.15) is 58.5 Å². The lowest BCUT2D eigenvalue weighted by Gasteiger charge is -2.35. The molecule has 6 rings (SSSR count). The Balaban J connectivity index is 1.28. The van der Waals surface area contributed by atoms with Crippen LogP contribution >= 0.6 is 0 Å². The van der Waals surface area contributed by atoms with Gasteiger partial charge in [0.05, 0.1) is 34.2 Å². The lowest BCUT2D eigenvalue weighted by molar-refractivity contribution is 0.0630. The third-order valence-electron chi connectivity index (χ3n) is 7.45. The van der Waals surface area contributed by atoms with Crippen molar-refractivity contribution in [2.75, 3.05) is 37.7 Å². The number of carbonyl (C=O) groups excluding carboxylic acids is 1. The second kappa shape index (κ2) is 8.67. The van der Waals surface area contributed by atoms with Crippen LogP contribution in [0.2, 0.25) is 0 Å². The van der Waals surface area contributed by atoms with Gasteiger partial charge in [0.15, 0.2) is 15.5 Å². The SMILES string of the molecule is Cc1nn([C@H]2CCS(=O)(=O)C2)c2nc(C3CC3)cc(C(=O)N3CCN(Cc4ccncc4)CC3)c12. The first-order valence-electron chi connectivity index (χ1n) is 12.4. The average molecular weight is 495 g/mol. The minimum absolute atomic E-state index is 0.0181. The van der Waals surface area contributed by atoms with E-state index in [9.17, 15) is 13.2 Å². The van der Waals surface area contributed by atoms with Crippen LogP contribution in [0.4, 0.5) is 0 Å². The Kier molecular flexibility index (Phi) is 5.60. The van der Waals surface area contributed by atoms with Gasteiger partial charge in [-0.15, -0.1) is 0 Å². The van der Waals surface area contributed by atoms with Crippen molar-refractivity contribution in [2.45, 2.75) is 44.7 Å². The number of sulfone groups is 1. The number of aromatic nitrogens is 4. The highest BCUT2D eigenvalue weighted by atomic mass is 32.2. The molecule has 3 aliphatic rings. The van der Waals surface area contributed by atoms with Crippen LogP contribution in [0, 0.1) is 6.92 Å². The predicted octanol–water partition coefficient (Wildman–Crippen LogP) is 2.33. The van der Waals surface area contributed by atoms with Crippen molar-refractivity contribution in [1.82, 2.24) is 29.5 Å². The number of aryl methyl sites for hydroxylation is 1. The number of hydrogen-bond donors (Lipinski definition) is 0. The van der Waals surface area contributed by atoms with E-state index in [0.29, 0.717) is 36.6 Å². The summed E-state index contributed by atoms with van der Waals surface area (Å²) in [6.07, 6.45) is 6.31. The molecule has 0 spiro atoms. The zero-order valence-corrected chi connectivity index (χ0v) is 20.7. The minimum atomic E-state index is -3.06. The summed E-state index contributed by atoms with van der Waals surface area (Å²) >= 11 is 0. The van der Waals surface area contributed by atoms with E-state index in [2.05, 4.69) is 9.88 Å². The molecule has 0 unspecified atom stereocenters. The first kappa shape index (κ1) is 22.6. The highest BCUT2D eigenvalue weighted by Gasteiger charge is 2.35. The fraction of sp³-hybridized carbons (Fsp3) is 0.520. The quantitative estimate of drug-likeness (QED) is 0.537. The largest absolute Gasteiger partial charge is 0.336 e. The lowest BCUT2D eigenvalue weighted by Crippen LogP contribution is -2.48. The van der Waals surface area contributed by atoms with Crippen LogP contribution in [0.3, 0.4) is 0 Å². The number of pyridine rings is 2. The Morgan fingerprint density at radius 2 is 1.83 bits per heavy atom. The van der Waals surface area contributed by atoms with Crippen LogP contribution in [-0.2, 0) is 16.4 Å². The monoisotopic (exact) mass is 494 g/mol. The van der Waals surface area contributed by atoms with E-state index >= 15 is 0 Å². The van der Waals surface area contributed by atoms with Crippen molar-refractivity contribution >= 4 is 26.8 Å². The minimum Gasteiger partial charge on any atom is -0.336 e. The summed E-state index contributed by atoms with van der Waals surface area (Å²) in [7, 11) is -3.06. The number of fused-ring (bicyclic) bond motifs is 1. The molecule has 2 aliphatic heterocycles. The summed E-state index contributed by atoms with van der Waals surface area (Å²) in [6, 6.07) is 5.80. The summed E-state index contributed by atoms with van der Waals surface area (Å²) in [4.78, 5) is 27.1. The molecule has 10 heteroatoms. The van der Waals surface area contributed by atoms with Crippen LogP contribution in [0.5, 0.6) is 0 Å². The maximum Gasteiger partial charge on any atom is 0.254 e. The van der Waals surface area contributed by atoms with Crippen LogP contribution in [0.15, 0.2) is 30.6 Å². The smallest absolute Gasteiger partial charge is 0.254 e. The third-order valence-corrected chi connectivity index (χ3v) is 9.20. The van der Waals surface area contributed by atoms with E-state index in [1.165, 1.54) is 5.56 Å². The maximum absolute atomic E-state index is 13.8. The predicted molar refractivity (Wildman–Crippen MR) is 132 cm³/mol. The van der Waals surface area contributed by atoms with Gasteiger partial charge in [-0.25, -0.2) is 18.1 Å². The molecule has 5 heterocycles. The number of rotatable bonds is 5. The van der Waals surface area contributed by atoms with Gasteiger partial charge in [0.25, 0.3) is 5.91 Å². The Hall–Kier alpha value is -2.85. The van der Waals surface area contributed by atoms with E-state index < -0.39 is 9.84 Å². The third kappa shape index (κ3) is 4.45. The molecule has 0 radical (unpaired) electrons. The van der Waals surface area contributed by atoms with Gasteiger partial charge in [-0.3, -0.25) is 14.7 Å². The second-order valence-corrected chi connectivity index (χ2v) is 12.3. The number of carbonyl (C=O) groups is 1. The highest BCUT2D eigenvalue weighted by molar-refractivity contribution is 7.91. The van der Waals surface area contributed by atoms with Gasteiger partial charge in [0.1, 0.15) is 0 Å². The normalized spacial score (nSPS) is 22.7. The summed E-state index contributed by atoms with van der Waals surface area (Å²) in [6.45, 7) is 5.71. The van der Waals surface area contributed by atoms with Crippen molar-refractivity contribution in [2.24, 2.45) is 0 Å².